The molecule has 2 aromatic heterocycles. The van der Waals surface area contributed by atoms with E-state index < -0.39 is 0 Å². The Morgan fingerprint density at radius 2 is 1.96 bits per heavy atom. The average Bonchev–Trinajstić information content (AvgIpc) is 3.32. The minimum absolute atomic E-state index is 0.397. The lowest BCUT2D eigenvalue weighted by Gasteiger charge is -2.24. The summed E-state index contributed by atoms with van der Waals surface area (Å²) in [5.74, 6) is 2.02. The number of benzene rings is 1. The van der Waals surface area contributed by atoms with Crippen LogP contribution in [0.15, 0.2) is 60.9 Å². The molecule has 0 radical (unpaired) electrons. The molecule has 4 rings (SSSR count). The summed E-state index contributed by atoms with van der Waals surface area (Å²) in [6.07, 6.45) is 7.16. The van der Waals surface area contributed by atoms with Crippen LogP contribution in [0.1, 0.15) is 42.9 Å². The number of likely N-dealkylation sites (tertiary alicyclic amines) is 1. The molecule has 4 heteroatoms. The SMILES string of the molecule is CCc1nccn1-c1cccc(C2CCCN2Cc2ccccc2)n1. The molecule has 0 N–H and O–H groups in total. The van der Waals surface area contributed by atoms with E-state index in [4.69, 9.17) is 4.98 Å². The molecular formula is C21H24N4. The van der Waals surface area contributed by atoms with Crippen molar-refractivity contribution in [3.63, 3.8) is 0 Å². The van der Waals surface area contributed by atoms with Gasteiger partial charge in [-0.3, -0.25) is 9.47 Å². The second-order valence-corrected chi connectivity index (χ2v) is 6.60. The van der Waals surface area contributed by atoms with Gasteiger partial charge < -0.3 is 0 Å². The molecule has 0 aliphatic carbocycles. The highest BCUT2D eigenvalue weighted by atomic mass is 15.2. The van der Waals surface area contributed by atoms with Crippen LogP contribution in [0.5, 0.6) is 0 Å². The van der Waals surface area contributed by atoms with Crippen LogP contribution in [-0.4, -0.2) is 26.0 Å². The van der Waals surface area contributed by atoms with Crippen LogP contribution in [0.3, 0.4) is 0 Å². The molecule has 0 saturated carbocycles. The number of aromatic nitrogens is 3. The molecule has 3 aromatic rings. The third kappa shape index (κ3) is 3.35. The summed E-state index contributed by atoms with van der Waals surface area (Å²) >= 11 is 0. The first-order valence-corrected chi connectivity index (χ1v) is 9.12. The largest absolute Gasteiger partial charge is 0.291 e. The number of rotatable bonds is 5. The van der Waals surface area contributed by atoms with Gasteiger partial charge in [-0.25, -0.2) is 9.97 Å². The predicted molar refractivity (Wildman–Crippen MR) is 99.6 cm³/mol. The molecule has 0 amide bonds. The van der Waals surface area contributed by atoms with Gasteiger partial charge in [-0.05, 0) is 37.1 Å². The fourth-order valence-electron chi connectivity index (χ4n) is 3.73. The quantitative estimate of drug-likeness (QED) is 0.703. The van der Waals surface area contributed by atoms with Gasteiger partial charge >= 0.3 is 0 Å². The molecule has 1 aliphatic heterocycles. The summed E-state index contributed by atoms with van der Waals surface area (Å²) in [4.78, 5) is 12.0. The van der Waals surface area contributed by atoms with Crippen molar-refractivity contribution in [2.24, 2.45) is 0 Å². The maximum Gasteiger partial charge on any atom is 0.138 e. The maximum absolute atomic E-state index is 4.98. The Morgan fingerprint density at radius 3 is 2.80 bits per heavy atom. The topological polar surface area (TPSA) is 34.0 Å². The summed E-state index contributed by atoms with van der Waals surface area (Å²) < 4.78 is 2.10. The Balaban J connectivity index is 1.59. The van der Waals surface area contributed by atoms with Crippen LogP contribution in [-0.2, 0) is 13.0 Å². The van der Waals surface area contributed by atoms with Gasteiger partial charge in [-0.1, -0.05) is 43.3 Å². The molecular weight excluding hydrogens is 308 g/mol. The number of imidazole rings is 1. The van der Waals surface area contributed by atoms with E-state index in [-0.39, 0.29) is 0 Å². The lowest BCUT2D eigenvalue weighted by atomic mass is 10.1. The van der Waals surface area contributed by atoms with E-state index in [0.717, 1.165) is 31.2 Å². The normalized spacial score (nSPS) is 17.9. The summed E-state index contributed by atoms with van der Waals surface area (Å²) in [6, 6.07) is 17.5. The van der Waals surface area contributed by atoms with E-state index in [0.29, 0.717) is 6.04 Å². The second kappa shape index (κ2) is 7.19. The molecule has 4 nitrogen and oxygen atoms in total. The summed E-state index contributed by atoms with van der Waals surface area (Å²) in [7, 11) is 0. The molecule has 0 bridgehead atoms. The zero-order chi connectivity index (χ0) is 17.1. The van der Waals surface area contributed by atoms with Crippen molar-refractivity contribution in [2.45, 2.75) is 38.8 Å². The number of nitrogens with zero attached hydrogens (tertiary/aromatic N) is 4. The molecule has 1 fully saturated rings. The molecule has 128 valence electrons. The van der Waals surface area contributed by atoms with E-state index in [1.807, 2.05) is 12.4 Å². The van der Waals surface area contributed by atoms with Gasteiger partial charge in [0.1, 0.15) is 11.6 Å². The zero-order valence-electron chi connectivity index (χ0n) is 14.7. The van der Waals surface area contributed by atoms with E-state index in [1.54, 1.807) is 0 Å². The highest BCUT2D eigenvalue weighted by Gasteiger charge is 2.27. The van der Waals surface area contributed by atoms with Crippen LogP contribution in [0, 0.1) is 0 Å². The Morgan fingerprint density at radius 1 is 1.08 bits per heavy atom. The predicted octanol–water partition coefficient (Wildman–Crippen LogP) is 4.17. The first kappa shape index (κ1) is 16.0. The monoisotopic (exact) mass is 332 g/mol. The number of aryl methyl sites for hydroxylation is 1. The van der Waals surface area contributed by atoms with Gasteiger partial charge in [-0.15, -0.1) is 0 Å². The van der Waals surface area contributed by atoms with Crippen molar-refractivity contribution >= 4 is 0 Å². The standard InChI is InChI=1S/C21H24N4/c1-2-20-22-13-15-25(20)21-12-6-10-18(23-21)19-11-7-14-24(19)16-17-8-4-3-5-9-17/h3-6,8-10,12-13,15,19H,2,7,11,14,16H2,1H3. The number of hydrogen-bond acceptors (Lipinski definition) is 3. The third-order valence-electron chi connectivity index (χ3n) is 4.97. The first-order valence-electron chi connectivity index (χ1n) is 9.12. The smallest absolute Gasteiger partial charge is 0.138 e. The van der Waals surface area contributed by atoms with Crippen molar-refractivity contribution in [3.05, 3.63) is 78.0 Å². The highest BCUT2D eigenvalue weighted by molar-refractivity contribution is 5.28. The molecule has 0 spiro atoms. The first-order chi connectivity index (χ1) is 12.3. The van der Waals surface area contributed by atoms with E-state index in [2.05, 4.69) is 69.9 Å². The van der Waals surface area contributed by atoms with Crippen molar-refractivity contribution in [2.75, 3.05) is 6.54 Å². The van der Waals surface area contributed by atoms with Crippen LogP contribution in [0.25, 0.3) is 5.82 Å². The lowest BCUT2D eigenvalue weighted by molar-refractivity contribution is 0.244. The van der Waals surface area contributed by atoms with Gasteiger partial charge in [0.25, 0.3) is 0 Å². The Labute approximate surface area is 149 Å². The van der Waals surface area contributed by atoms with E-state index in [9.17, 15) is 0 Å². The number of pyridine rings is 1. The molecule has 1 aromatic carbocycles. The van der Waals surface area contributed by atoms with Crippen molar-refractivity contribution in [3.8, 4) is 5.82 Å². The van der Waals surface area contributed by atoms with Gasteiger partial charge in [0.15, 0.2) is 0 Å². The van der Waals surface area contributed by atoms with Crippen LogP contribution in [0.4, 0.5) is 0 Å². The minimum atomic E-state index is 0.397. The third-order valence-corrected chi connectivity index (χ3v) is 4.97. The fourth-order valence-corrected chi connectivity index (χ4v) is 3.73. The number of hydrogen-bond donors (Lipinski definition) is 0. The Kier molecular flexibility index (Phi) is 4.61. The van der Waals surface area contributed by atoms with Crippen LogP contribution < -0.4 is 0 Å². The minimum Gasteiger partial charge on any atom is -0.291 e. The summed E-state index contributed by atoms with van der Waals surface area (Å²) in [5, 5.41) is 0. The fraction of sp³-hybridized carbons (Fsp3) is 0.333. The Bertz CT molecular complexity index is 825. The van der Waals surface area contributed by atoms with Gasteiger partial charge in [0.2, 0.25) is 0 Å². The maximum atomic E-state index is 4.98. The second-order valence-electron chi connectivity index (χ2n) is 6.60. The highest BCUT2D eigenvalue weighted by Crippen LogP contribution is 2.32. The lowest BCUT2D eigenvalue weighted by Crippen LogP contribution is -2.23. The molecule has 1 atom stereocenters. The van der Waals surface area contributed by atoms with Crippen LogP contribution >= 0.6 is 0 Å². The van der Waals surface area contributed by atoms with Gasteiger partial charge in [-0.2, -0.15) is 0 Å². The Hall–Kier alpha value is -2.46. The molecule has 25 heavy (non-hydrogen) atoms. The average molecular weight is 332 g/mol. The molecule has 1 unspecified atom stereocenters. The molecule has 1 aliphatic rings. The van der Waals surface area contributed by atoms with Gasteiger partial charge in [0, 0.05) is 25.4 Å². The summed E-state index contributed by atoms with van der Waals surface area (Å²) in [5.41, 5.74) is 2.54. The summed E-state index contributed by atoms with van der Waals surface area (Å²) in [6.45, 7) is 4.25. The van der Waals surface area contributed by atoms with Crippen molar-refractivity contribution < 1.29 is 0 Å². The van der Waals surface area contributed by atoms with Gasteiger partial charge in [0.05, 0.1) is 11.7 Å². The van der Waals surface area contributed by atoms with Crippen LogP contribution in [0.2, 0.25) is 0 Å². The van der Waals surface area contributed by atoms with E-state index in [1.165, 1.54) is 24.1 Å². The van der Waals surface area contributed by atoms with Crippen molar-refractivity contribution in [1.82, 2.24) is 19.4 Å². The molecule has 1 saturated heterocycles. The van der Waals surface area contributed by atoms with E-state index >= 15 is 0 Å². The zero-order valence-corrected chi connectivity index (χ0v) is 14.7. The molecule has 3 heterocycles. The van der Waals surface area contributed by atoms with Crippen molar-refractivity contribution in [1.29, 1.82) is 0 Å².